The van der Waals surface area contributed by atoms with Crippen molar-refractivity contribution in [1.82, 2.24) is 9.88 Å². The van der Waals surface area contributed by atoms with Crippen molar-refractivity contribution < 1.29 is 18.7 Å². The van der Waals surface area contributed by atoms with E-state index in [1.54, 1.807) is 38.3 Å². The van der Waals surface area contributed by atoms with Gasteiger partial charge in [-0.15, -0.1) is 11.3 Å². The van der Waals surface area contributed by atoms with Gasteiger partial charge in [0.15, 0.2) is 5.13 Å². The van der Waals surface area contributed by atoms with Crippen LogP contribution < -0.4 is 5.32 Å². The molecule has 0 radical (unpaired) electrons. The van der Waals surface area contributed by atoms with Crippen molar-refractivity contribution in [2.45, 2.75) is 51.7 Å². The molecule has 3 rings (SSSR count). The number of amides is 2. The highest BCUT2D eigenvalue weighted by molar-refractivity contribution is 7.14. The first-order chi connectivity index (χ1) is 13.2. The number of likely N-dealkylation sites (tertiary alicyclic amines) is 1. The number of anilines is 1. The summed E-state index contributed by atoms with van der Waals surface area (Å²) in [5, 5.41) is 5.05. The zero-order valence-electron chi connectivity index (χ0n) is 16.2. The van der Waals surface area contributed by atoms with E-state index in [9.17, 15) is 14.0 Å². The van der Waals surface area contributed by atoms with Crippen LogP contribution in [0.25, 0.3) is 11.3 Å². The molecule has 1 N–H and O–H groups in total. The number of hydrogen-bond acceptors (Lipinski definition) is 5. The van der Waals surface area contributed by atoms with Crippen molar-refractivity contribution in [2.24, 2.45) is 0 Å². The van der Waals surface area contributed by atoms with Gasteiger partial charge in [0.05, 0.1) is 5.69 Å². The lowest BCUT2D eigenvalue weighted by molar-refractivity contribution is -0.122. The number of ether oxygens (including phenoxy) is 1. The average Bonchev–Trinajstić information content (AvgIpc) is 3.09. The van der Waals surface area contributed by atoms with Gasteiger partial charge in [-0.3, -0.25) is 9.69 Å². The molecule has 0 spiro atoms. The number of nitrogens with one attached hydrogen (secondary N) is 1. The zero-order valence-corrected chi connectivity index (χ0v) is 17.0. The van der Waals surface area contributed by atoms with Crippen LogP contribution >= 0.6 is 11.3 Å². The van der Waals surface area contributed by atoms with E-state index >= 15 is 0 Å². The van der Waals surface area contributed by atoms with E-state index in [4.69, 9.17) is 4.74 Å². The molecule has 1 aromatic carbocycles. The van der Waals surface area contributed by atoms with Crippen molar-refractivity contribution in [3.63, 3.8) is 0 Å². The summed E-state index contributed by atoms with van der Waals surface area (Å²) in [6.45, 7) is 5.90. The van der Waals surface area contributed by atoms with Gasteiger partial charge < -0.3 is 10.1 Å². The molecule has 2 aromatic rings. The summed E-state index contributed by atoms with van der Waals surface area (Å²) in [5.74, 6) is -0.586. The Labute approximate surface area is 167 Å². The Bertz CT molecular complexity index is 845. The lowest BCUT2D eigenvalue weighted by atomic mass is 10.0. The summed E-state index contributed by atoms with van der Waals surface area (Å²) in [6, 6.07) is 5.44. The summed E-state index contributed by atoms with van der Waals surface area (Å²) in [7, 11) is 0. The number of halogens is 1. The molecule has 0 aliphatic carbocycles. The van der Waals surface area contributed by atoms with Gasteiger partial charge in [0, 0.05) is 17.5 Å². The Morgan fingerprint density at radius 3 is 2.64 bits per heavy atom. The van der Waals surface area contributed by atoms with Crippen LogP contribution in [0, 0.1) is 5.82 Å². The highest BCUT2D eigenvalue weighted by atomic mass is 32.1. The van der Waals surface area contributed by atoms with E-state index < -0.39 is 17.7 Å². The standard InChI is InChI=1S/C20H24FN3O3S/c1-20(2,3)27-19(26)24-11-5-4-6-16(24)17(25)23-18-22-15(12-28-18)13-7-9-14(21)10-8-13/h7-10,12,16H,4-6,11H2,1-3H3,(H,22,23,25)/t16-/m0/s1. The first kappa shape index (κ1) is 20.3. The van der Waals surface area contributed by atoms with Crippen molar-refractivity contribution in [3.8, 4) is 11.3 Å². The van der Waals surface area contributed by atoms with Crippen LogP contribution in [0.5, 0.6) is 0 Å². The number of carbonyl (C=O) groups excluding carboxylic acids is 2. The molecule has 6 nitrogen and oxygen atoms in total. The second kappa shape index (κ2) is 8.26. The lowest BCUT2D eigenvalue weighted by Crippen LogP contribution is -2.51. The van der Waals surface area contributed by atoms with E-state index in [1.165, 1.54) is 28.4 Å². The summed E-state index contributed by atoms with van der Waals surface area (Å²) < 4.78 is 18.5. The van der Waals surface area contributed by atoms with E-state index in [-0.39, 0.29) is 11.7 Å². The van der Waals surface area contributed by atoms with Crippen LogP contribution in [-0.4, -0.2) is 40.1 Å². The number of hydrogen-bond donors (Lipinski definition) is 1. The third-order valence-corrected chi connectivity index (χ3v) is 5.07. The van der Waals surface area contributed by atoms with Gasteiger partial charge in [0.25, 0.3) is 0 Å². The summed E-state index contributed by atoms with van der Waals surface area (Å²) >= 11 is 1.29. The quantitative estimate of drug-likeness (QED) is 0.805. The van der Waals surface area contributed by atoms with Crippen LogP contribution in [-0.2, 0) is 9.53 Å². The van der Waals surface area contributed by atoms with Crippen molar-refractivity contribution in [3.05, 3.63) is 35.5 Å². The Hall–Kier alpha value is -2.48. The maximum Gasteiger partial charge on any atom is 0.410 e. The van der Waals surface area contributed by atoms with E-state index in [0.29, 0.717) is 23.8 Å². The maximum atomic E-state index is 13.1. The minimum absolute atomic E-state index is 0.273. The van der Waals surface area contributed by atoms with Crippen LogP contribution in [0.4, 0.5) is 14.3 Å². The highest BCUT2D eigenvalue weighted by Crippen LogP contribution is 2.27. The average molecular weight is 405 g/mol. The fraction of sp³-hybridized carbons (Fsp3) is 0.450. The number of thiazole rings is 1. The Morgan fingerprint density at radius 1 is 1.25 bits per heavy atom. The predicted octanol–water partition coefficient (Wildman–Crippen LogP) is 4.68. The number of carbonyl (C=O) groups is 2. The fourth-order valence-corrected chi connectivity index (χ4v) is 3.74. The molecule has 2 heterocycles. The minimum atomic E-state index is -0.616. The molecule has 0 bridgehead atoms. The topological polar surface area (TPSA) is 71.5 Å². The molecule has 1 saturated heterocycles. The molecule has 28 heavy (non-hydrogen) atoms. The maximum absolute atomic E-state index is 13.1. The number of nitrogens with zero attached hydrogens (tertiary/aromatic N) is 2. The van der Waals surface area contributed by atoms with Gasteiger partial charge in [-0.25, -0.2) is 14.2 Å². The summed E-state index contributed by atoms with van der Waals surface area (Å²) in [5.41, 5.74) is 0.814. The van der Waals surface area contributed by atoms with E-state index in [0.717, 1.165) is 18.4 Å². The highest BCUT2D eigenvalue weighted by Gasteiger charge is 2.35. The molecule has 2 amide bonds. The van der Waals surface area contributed by atoms with Crippen LogP contribution in [0.2, 0.25) is 0 Å². The van der Waals surface area contributed by atoms with Gasteiger partial charge >= 0.3 is 6.09 Å². The molecule has 1 aliphatic heterocycles. The molecule has 1 fully saturated rings. The summed E-state index contributed by atoms with van der Waals surface area (Å²) in [6.07, 6.45) is 1.82. The molecule has 0 unspecified atom stereocenters. The fourth-order valence-electron chi connectivity index (χ4n) is 3.02. The Morgan fingerprint density at radius 2 is 1.96 bits per heavy atom. The molecular weight excluding hydrogens is 381 g/mol. The van der Waals surface area contributed by atoms with E-state index in [2.05, 4.69) is 10.3 Å². The van der Waals surface area contributed by atoms with Crippen molar-refractivity contribution in [2.75, 3.05) is 11.9 Å². The second-order valence-corrected chi connectivity index (χ2v) is 8.58. The van der Waals surface area contributed by atoms with Gasteiger partial charge in [-0.2, -0.15) is 0 Å². The number of aromatic nitrogens is 1. The third kappa shape index (κ3) is 5.07. The predicted molar refractivity (Wildman–Crippen MR) is 107 cm³/mol. The SMILES string of the molecule is CC(C)(C)OC(=O)N1CCCC[C@H]1C(=O)Nc1nc(-c2ccc(F)cc2)cs1. The van der Waals surface area contributed by atoms with Crippen LogP contribution in [0.15, 0.2) is 29.6 Å². The summed E-state index contributed by atoms with van der Waals surface area (Å²) in [4.78, 5) is 31.2. The second-order valence-electron chi connectivity index (χ2n) is 7.72. The number of piperidine rings is 1. The van der Waals surface area contributed by atoms with Crippen LogP contribution in [0.3, 0.4) is 0 Å². The Kier molecular flexibility index (Phi) is 5.98. The third-order valence-electron chi connectivity index (χ3n) is 4.31. The zero-order chi connectivity index (χ0) is 20.3. The number of benzene rings is 1. The first-order valence-corrected chi connectivity index (χ1v) is 10.1. The number of rotatable bonds is 3. The Balaban J connectivity index is 1.69. The normalized spacial score (nSPS) is 17.3. The van der Waals surface area contributed by atoms with Gasteiger partial charge in [-0.1, -0.05) is 0 Å². The van der Waals surface area contributed by atoms with Crippen LogP contribution in [0.1, 0.15) is 40.0 Å². The molecule has 150 valence electrons. The molecular formula is C20H24FN3O3S. The van der Waals surface area contributed by atoms with Gasteiger partial charge in [-0.05, 0) is 64.3 Å². The van der Waals surface area contributed by atoms with E-state index in [1.807, 2.05) is 0 Å². The molecule has 1 aromatic heterocycles. The largest absolute Gasteiger partial charge is 0.444 e. The minimum Gasteiger partial charge on any atom is -0.444 e. The van der Waals surface area contributed by atoms with Gasteiger partial charge in [0.2, 0.25) is 5.91 Å². The van der Waals surface area contributed by atoms with Gasteiger partial charge in [0.1, 0.15) is 17.5 Å². The molecule has 1 aliphatic rings. The smallest absolute Gasteiger partial charge is 0.410 e. The lowest BCUT2D eigenvalue weighted by Gasteiger charge is -2.35. The van der Waals surface area contributed by atoms with Crippen molar-refractivity contribution >= 4 is 28.5 Å². The monoisotopic (exact) mass is 405 g/mol. The molecule has 1 atom stereocenters. The molecule has 0 saturated carbocycles. The van der Waals surface area contributed by atoms with Crippen molar-refractivity contribution in [1.29, 1.82) is 0 Å². The first-order valence-electron chi connectivity index (χ1n) is 9.25. The molecule has 8 heteroatoms.